The molecule has 0 saturated heterocycles. The number of benzene rings is 1. The quantitative estimate of drug-likeness (QED) is 0.750. The van der Waals surface area contributed by atoms with Crippen LogP contribution in [0.25, 0.3) is 0 Å². The lowest BCUT2D eigenvalue weighted by Crippen LogP contribution is -2.44. The summed E-state index contributed by atoms with van der Waals surface area (Å²) in [6.07, 6.45) is 0. The molecule has 1 aromatic rings. The fourth-order valence-electron chi connectivity index (χ4n) is 1.33. The molecule has 6 heteroatoms. The summed E-state index contributed by atoms with van der Waals surface area (Å²) in [7, 11) is 1.82. The Morgan fingerprint density at radius 2 is 1.84 bits per heavy atom. The summed E-state index contributed by atoms with van der Waals surface area (Å²) in [5.74, 6) is 0.0780. The predicted octanol–water partition coefficient (Wildman–Crippen LogP) is 1.34. The second-order valence-electron chi connectivity index (χ2n) is 4.24. The Balaban J connectivity index is 2.35. The number of carbonyl (C=O) groups excluding carboxylic acids is 2. The number of amides is 3. The number of hydrogen-bond donors (Lipinski definition) is 3. The van der Waals surface area contributed by atoms with Crippen LogP contribution in [-0.2, 0) is 4.79 Å². The maximum absolute atomic E-state index is 11.4. The zero-order valence-electron chi connectivity index (χ0n) is 11.3. The van der Waals surface area contributed by atoms with Crippen molar-refractivity contribution in [2.75, 3.05) is 19.0 Å². The van der Waals surface area contributed by atoms with Crippen molar-refractivity contribution >= 4 is 17.6 Å². The minimum absolute atomic E-state index is 0.0252. The molecule has 1 rings (SSSR count). The Bertz CT molecular complexity index is 429. The van der Waals surface area contributed by atoms with Gasteiger partial charge in [0.25, 0.3) is 5.91 Å². The van der Waals surface area contributed by atoms with E-state index in [4.69, 9.17) is 4.74 Å². The topological polar surface area (TPSA) is 79.5 Å². The molecule has 0 aliphatic heterocycles. The molecule has 0 unspecified atom stereocenters. The standard InChI is InChI=1S/C13H19N3O3/c1-9(2)15-13(18)16-12(17)8-19-11-6-4-10(14-3)5-7-11/h4-7,9,14H,8H2,1-3H3,(H2,15,16,17,18). The summed E-state index contributed by atoms with van der Waals surface area (Å²) >= 11 is 0. The van der Waals surface area contributed by atoms with Crippen LogP contribution in [0.4, 0.5) is 10.5 Å². The van der Waals surface area contributed by atoms with Crippen molar-refractivity contribution in [3.8, 4) is 5.75 Å². The SMILES string of the molecule is CNc1ccc(OCC(=O)NC(=O)NC(C)C)cc1. The summed E-state index contributed by atoms with van der Waals surface area (Å²) in [4.78, 5) is 22.7. The number of hydrogen-bond acceptors (Lipinski definition) is 4. The second-order valence-corrected chi connectivity index (χ2v) is 4.24. The molecule has 0 fully saturated rings. The molecule has 3 N–H and O–H groups in total. The number of anilines is 1. The predicted molar refractivity (Wildman–Crippen MR) is 73.3 cm³/mol. The van der Waals surface area contributed by atoms with E-state index in [1.165, 1.54) is 0 Å². The van der Waals surface area contributed by atoms with Crippen LogP contribution < -0.4 is 20.7 Å². The van der Waals surface area contributed by atoms with E-state index in [0.29, 0.717) is 5.75 Å². The van der Waals surface area contributed by atoms with Crippen LogP contribution in [0, 0.1) is 0 Å². The lowest BCUT2D eigenvalue weighted by molar-refractivity contribution is -0.122. The van der Waals surface area contributed by atoms with Gasteiger partial charge in [0.05, 0.1) is 0 Å². The van der Waals surface area contributed by atoms with Crippen LogP contribution in [0.2, 0.25) is 0 Å². The van der Waals surface area contributed by atoms with E-state index in [9.17, 15) is 9.59 Å². The molecule has 0 bridgehead atoms. The van der Waals surface area contributed by atoms with Gasteiger partial charge in [-0.2, -0.15) is 0 Å². The average molecular weight is 265 g/mol. The van der Waals surface area contributed by atoms with E-state index in [0.717, 1.165) is 5.69 Å². The average Bonchev–Trinajstić information content (AvgIpc) is 2.36. The molecule has 6 nitrogen and oxygen atoms in total. The van der Waals surface area contributed by atoms with Crippen LogP contribution in [0.3, 0.4) is 0 Å². The largest absolute Gasteiger partial charge is 0.484 e. The second kappa shape index (κ2) is 7.25. The zero-order valence-corrected chi connectivity index (χ0v) is 11.3. The number of imide groups is 1. The third kappa shape index (κ3) is 5.76. The van der Waals surface area contributed by atoms with Gasteiger partial charge in [-0.1, -0.05) is 0 Å². The Hall–Kier alpha value is -2.24. The van der Waals surface area contributed by atoms with Crippen LogP contribution in [-0.4, -0.2) is 31.6 Å². The van der Waals surface area contributed by atoms with Gasteiger partial charge in [0, 0.05) is 18.8 Å². The van der Waals surface area contributed by atoms with Gasteiger partial charge >= 0.3 is 6.03 Å². The van der Waals surface area contributed by atoms with Crippen molar-refractivity contribution in [2.45, 2.75) is 19.9 Å². The Morgan fingerprint density at radius 1 is 1.21 bits per heavy atom. The minimum Gasteiger partial charge on any atom is -0.484 e. The van der Waals surface area contributed by atoms with Gasteiger partial charge in [0.1, 0.15) is 5.75 Å². The highest BCUT2D eigenvalue weighted by Gasteiger charge is 2.08. The molecule has 0 aliphatic carbocycles. The van der Waals surface area contributed by atoms with E-state index in [1.54, 1.807) is 12.1 Å². The summed E-state index contributed by atoms with van der Waals surface area (Å²) < 4.78 is 5.25. The maximum Gasteiger partial charge on any atom is 0.321 e. The maximum atomic E-state index is 11.4. The van der Waals surface area contributed by atoms with E-state index in [2.05, 4.69) is 16.0 Å². The van der Waals surface area contributed by atoms with Gasteiger partial charge < -0.3 is 15.4 Å². The first-order chi connectivity index (χ1) is 9.01. The van der Waals surface area contributed by atoms with Gasteiger partial charge in [0.2, 0.25) is 0 Å². The summed E-state index contributed by atoms with van der Waals surface area (Å²) in [6, 6.07) is 6.61. The lowest BCUT2D eigenvalue weighted by atomic mass is 10.3. The van der Waals surface area contributed by atoms with Crippen molar-refractivity contribution in [3.63, 3.8) is 0 Å². The number of ether oxygens (including phenoxy) is 1. The molecule has 0 aromatic heterocycles. The molecule has 0 aliphatic rings. The lowest BCUT2D eigenvalue weighted by Gasteiger charge is -2.10. The highest BCUT2D eigenvalue weighted by molar-refractivity contribution is 5.95. The molecule has 0 saturated carbocycles. The fraction of sp³-hybridized carbons (Fsp3) is 0.385. The number of urea groups is 1. The van der Waals surface area contributed by atoms with Crippen molar-refractivity contribution in [1.29, 1.82) is 0 Å². The molecule has 0 heterocycles. The molecular formula is C13H19N3O3. The van der Waals surface area contributed by atoms with Gasteiger partial charge in [-0.05, 0) is 38.1 Å². The first-order valence-electron chi connectivity index (χ1n) is 6.02. The molecular weight excluding hydrogens is 246 g/mol. The summed E-state index contributed by atoms with van der Waals surface area (Å²) in [5.41, 5.74) is 0.952. The third-order valence-electron chi connectivity index (χ3n) is 2.19. The van der Waals surface area contributed by atoms with Crippen molar-refractivity contribution < 1.29 is 14.3 Å². The highest BCUT2D eigenvalue weighted by Crippen LogP contribution is 2.14. The Kier molecular flexibility index (Phi) is 5.66. The van der Waals surface area contributed by atoms with Gasteiger partial charge in [-0.3, -0.25) is 10.1 Å². The Labute approximate surface area is 112 Å². The summed E-state index contributed by atoms with van der Waals surface area (Å²) in [5, 5.41) is 7.71. The highest BCUT2D eigenvalue weighted by atomic mass is 16.5. The van der Waals surface area contributed by atoms with E-state index in [1.807, 2.05) is 33.0 Å². The molecule has 19 heavy (non-hydrogen) atoms. The van der Waals surface area contributed by atoms with Crippen molar-refractivity contribution in [3.05, 3.63) is 24.3 Å². The molecule has 104 valence electrons. The van der Waals surface area contributed by atoms with Gasteiger partial charge in [0.15, 0.2) is 6.61 Å². The fourth-order valence-corrected chi connectivity index (χ4v) is 1.33. The number of rotatable bonds is 5. The molecule has 3 amide bonds. The van der Waals surface area contributed by atoms with Crippen LogP contribution >= 0.6 is 0 Å². The Morgan fingerprint density at radius 3 is 2.37 bits per heavy atom. The first kappa shape index (κ1) is 14.8. The van der Waals surface area contributed by atoms with E-state index >= 15 is 0 Å². The van der Waals surface area contributed by atoms with Crippen LogP contribution in [0.1, 0.15) is 13.8 Å². The van der Waals surface area contributed by atoms with Crippen LogP contribution in [0.15, 0.2) is 24.3 Å². The number of nitrogens with one attached hydrogen (secondary N) is 3. The van der Waals surface area contributed by atoms with Crippen molar-refractivity contribution in [2.24, 2.45) is 0 Å². The van der Waals surface area contributed by atoms with E-state index < -0.39 is 11.9 Å². The number of carbonyl (C=O) groups is 2. The summed E-state index contributed by atoms with van der Waals surface area (Å²) in [6.45, 7) is 3.41. The smallest absolute Gasteiger partial charge is 0.321 e. The molecule has 1 aromatic carbocycles. The van der Waals surface area contributed by atoms with E-state index in [-0.39, 0.29) is 12.6 Å². The zero-order chi connectivity index (χ0) is 14.3. The minimum atomic E-state index is -0.519. The van der Waals surface area contributed by atoms with Gasteiger partial charge in [-0.25, -0.2) is 4.79 Å². The van der Waals surface area contributed by atoms with Gasteiger partial charge in [-0.15, -0.1) is 0 Å². The molecule has 0 radical (unpaired) electrons. The monoisotopic (exact) mass is 265 g/mol. The normalized spacial score (nSPS) is 9.89. The third-order valence-corrected chi connectivity index (χ3v) is 2.19. The molecule has 0 atom stereocenters. The van der Waals surface area contributed by atoms with Crippen molar-refractivity contribution in [1.82, 2.24) is 10.6 Å². The first-order valence-corrected chi connectivity index (χ1v) is 6.02. The van der Waals surface area contributed by atoms with Crippen LogP contribution in [0.5, 0.6) is 5.75 Å². The molecule has 0 spiro atoms.